The summed E-state index contributed by atoms with van der Waals surface area (Å²) in [7, 11) is 1.43. The Hall–Kier alpha value is -0.610. The number of nitrogens with one attached hydrogen (secondary N) is 1. The van der Waals surface area contributed by atoms with E-state index in [0.29, 0.717) is 12.3 Å². The summed E-state index contributed by atoms with van der Waals surface area (Å²) in [5.41, 5.74) is 6.01. The average Bonchev–Trinajstić information content (AvgIpc) is 2.39. The largest absolute Gasteiger partial charge is 0.469 e. The van der Waals surface area contributed by atoms with Gasteiger partial charge in [0.05, 0.1) is 7.11 Å². The Morgan fingerprint density at radius 3 is 2.93 bits per heavy atom. The van der Waals surface area contributed by atoms with Crippen molar-refractivity contribution in [2.75, 3.05) is 20.2 Å². The van der Waals surface area contributed by atoms with Crippen LogP contribution < -0.4 is 11.1 Å². The molecular weight excluding hydrogens is 180 g/mol. The average molecular weight is 200 g/mol. The van der Waals surface area contributed by atoms with Crippen LogP contribution in [0.4, 0.5) is 0 Å². The summed E-state index contributed by atoms with van der Waals surface area (Å²) in [5, 5.41) is 3.31. The fourth-order valence-corrected chi connectivity index (χ4v) is 1.89. The molecule has 2 unspecified atom stereocenters. The molecule has 0 aromatic carbocycles. The Morgan fingerprint density at radius 2 is 2.21 bits per heavy atom. The van der Waals surface area contributed by atoms with Crippen LogP contribution in [0.1, 0.15) is 25.7 Å². The van der Waals surface area contributed by atoms with Crippen molar-refractivity contribution < 1.29 is 9.53 Å². The first kappa shape index (κ1) is 11.5. The first-order chi connectivity index (χ1) is 6.74. The number of hydrogen-bond acceptors (Lipinski definition) is 4. The number of rotatable bonds is 3. The summed E-state index contributed by atoms with van der Waals surface area (Å²) < 4.78 is 4.61. The van der Waals surface area contributed by atoms with Gasteiger partial charge in [0.25, 0.3) is 0 Å². The smallest absolute Gasteiger partial charge is 0.305 e. The molecule has 0 aromatic heterocycles. The quantitative estimate of drug-likeness (QED) is 0.642. The van der Waals surface area contributed by atoms with Gasteiger partial charge in [-0.1, -0.05) is 0 Å². The van der Waals surface area contributed by atoms with E-state index in [0.717, 1.165) is 32.4 Å². The molecular formula is C10H20N2O2. The Labute approximate surface area is 85.2 Å². The number of ether oxygens (including phenoxy) is 1. The van der Waals surface area contributed by atoms with Gasteiger partial charge < -0.3 is 15.8 Å². The van der Waals surface area contributed by atoms with Crippen LogP contribution in [0, 0.1) is 5.92 Å². The third kappa shape index (κ3) is 3.64. The molecule has 1 saturated heterocycles. The highest BCUT2D eigenvalue weighted by Gasteiger charge is 2.20. The van der Waals surface area contributed by atoms with E-state index in [4.69, 9.17) is 5.73 Å². The molecule has 4 nitrogen and oxygen atoms in total. The van der Waals surface area contributed by atoms with Crippen molar-refractivity contribution in [1.82, 2.24) is 5.32 Å². The molecule has 1 fully saturated rings. The van der Waals surface area contributed by atoms with Crippen LogP contribution in [-0.2, 0) is 9.53 Å². The van der Waals surface area contributed by atoms with Crippen molar-refractivity contribution in [3.63, 3.8) is 0 Å². The Bertz CT molecular complexity index is 185. The zero-order chi connectivity index (χ0) is 10.4. The lowest BCUT2D eigenvalue weighted by atomic mass is 9.91. The predicted molar refractivity (Wildman–Crippen MR) is 54.8 cm³/mol. The van der Waals surface area contributed by atoms with Crippen molar-refractivity contribution in [2.45, 2.75) is 31.7 Å². The van der Waals surface area contributed by atoms with Gasteiger partial charge in [-0.2, -0.15) is 0 Å². The zero-order valence-corrected chi connectivity index (χ0v) is 8.79. The van der Waals surface area contributed by atoms with Crippen LogP contribution in [0.3, 0.4) is 0 Å². The van der Waals surface area contributed by atoms with Gasteiger partial charge in [0.2, 0.25) is 0 Å². The van der Waals surface area contributed by atoms with Crippen molar-refractivity contribution in [1.29, 1.82) is 0 Å². The van der Waals surface area contributed by atoms with Gasteiger partial charge in [0.1, 0.15) is 0 Å². The number of nitrogens with two attached hydrogens (primary N) is 1. The monoisotopic (exact) mass is 200 g/mol. The summed E-state index contributed by atoms with van der Waals surface area (Å²) >= 11 is 0. The summed E-state index contributed by atoms with van der Waals surface area (Å²) in [4.78, 5) is 11.0. The molecule has 0 aromatic rings. The summed E-state index contributed by atoms with van der Waals surface area (Å²) in [5.74, 6) is 0.332. The number of carbonyl (C=O) groups is 1. The minimum atomic E-state index is -0.130. The van der Waals surface area contributed by atoms with Gasteiger partial charge in [-0.05, 0) is 38.3 Å². The molecule has 0 amide bonds. The molecule has 0 spiro atoms. The minimum absolute atomic E-state index is 0.130. The molecule has 1 heterocycles. The number of hydrogen-bond donors (Lipinski definition) is 2. The maximum atomic E-state index is 11.0. The fraction of sp³-hybridized carbons (Fsp3) is 0.900. The molecule has 4 heteroatoms. The second kappa shape index (κ2) is 5.98. The molecule has 0 saturated carbocycles. The van der Waals surface area contributed by atoms with Gasteiger partial charge in [-0.15, -0.1) is 0 Å². The van der Waals surface area contributed by atoms with Gasteiger partial charge >= 0.3 is 5.97 Å². The lowest BCUT2D eigenvalue weighted by molar-refractivity contribution is -0.141. The normalized spacial score (nSPS) is 28.1. The summed E-state index contributed by atoms with van der Waals surface area (Å²) in [6.45, 7) is 2.01. The molecule has 1 aliphatic rings. The topological polar surface area (TPSA) is 64.3 Å². The van der Waals surface area contributed by atoms with E-state index in [1.165, 1.54) is 7.11 Å². The molecule has 0 radical (unpaired) electrons. The standard InChI is InChI=1S/C10H20N2O2/c1-14-10(13)3-2-8-4-6-12-7-5-9(8)11/h8-9,12H,2-7,11H2,1H3. The second-order valence-corrected chi connectivity index (χ2v) is 3.87. The first-order valence-electron chi connectivity index (χ1n) is 5.27. The van der Waals surface area contributed by atoms with Crippen molar-refractivity contribution in [3.05, 3.63) is 0 Å². The number of esters is 1. The van der Waals surface area contributed by atoms with E-state index in [1.807, 2.05) is 0 Å². The van der Waals surface area contributed by atoms with Crippen LogP contribution >= 0.6 is 0 Å². The molecule has 82 valence electrons. The Morgan fingerprint density at radius 1 is 1.50 bits per heavy atom. The van der Waals surface area contributed by atoms with E-state index in [2.05, 4.69) is 10.1 Å². The minimum Gasteiger partial charge on any atom is -0.469 e. The lowest BCUT2D eigenvalue weighted by Crippen LogP contribution is -2.30. The SMILES string of the molecule is COC(=O)CCC1CCNCCC1N. The molecule has 14 heavy (non-hydrogen) atoms. The van der Waals surface area contributed by atoms with Crippen LogP contribution in [0.15, 0.2) is 0 Å². The van der Waals surface area contributed by atoms with Crippen LogP contribution in [0.2, 0.25) is 0 Å². The van der Waals surface area contributed by atoms with Gasteiger partial charge in [-0.25, -0.2) is 0 Å². The van der Waals surface area contributed by atoms with Crippen molar-refractivity contribution in [2.24, 2.45) is 11.7 Å². The summed E-state index contributed by atoms with van der Waals surface area (Å²) in [6.07, 6.45) is 3.42. The van der Waals surface area contributed by atoms with Crippen LogP contribution in [0.5, 0.6) is 0 Å². The predicted octanol–water partition coefficient (Wildman–Crippen LogP) is 0.267. The van der Waals surface area contributed by atoms with E-state index < -0.39 is 0 Å². The van der Waals surface area contributed by atoms with E-state index in [1.54, 1.807) is 0 Å². The van der Waals surface area contributed by atoms with Crippen LogP contribution in [-0.4, -0.2) is 32.2 Å². The summed E-state index contributed by atoms with van der Waals surface area (Å²) in [6, 6.07) is 0.231. The Balaban J connectivity index is 2.29. The van der Waals surface area contributed by atoms with Gasteiger partial charge in [0.15, 0.2) is 0 Å². The number of methoxy groups -OCH3 is 1. The third-order valence-electron chi connectivity index (χ3n) is 2.90. The lowest BCUT2D eigenvalue weighted by Gasteiger charge is -2.19. The van der Waals surface area contributed by atoms with Gasteiger partial charge in [0, 0.05) is 12.5 Å². The maximum Gasteiger partial charge on any atom is 0.305 e. The highest BCUT2D eigenvalue weighted by Crippen LogP contribution is 2.18. The first-order valence-corrected chi connectivity index (χ1v) is 5.27. The molecule has 3 N–H and O–H groups in total. The van der Waals surface area contributed by atoms with E-state index in [9.17, 15) is 4.79 Å². The van der Waals surface area contributed by atoms with Crippen LogP contribution in [0.25, 0.3) is 0 Å². The maximum absolute atomic E-state index is 11.0. The Kier molecular flexibility index (Phi) is 4.90. The zero-order valence-electron chi connectivity index (χ0n) is 8.79. The molecule has 0 bridgehead atoms. The fourth-order valence-electron chi connectivity index (χ4n) is 1.89. The highest BCUT2D eigenvalue weighted by molar-refractivity contribution is 5.69. The molecule has 0 aliphatic carbocycles. The molecule has 1 aliphatic heterocycles. The van der Waals surface area contributed by atoms with Crippen molar-refractivity contribution >= 4 is 5.97 Å². The van der Waals surface area contributed by atoms with E-state index >= 15 is 0 Å². The van der Waals surface area contributed by atoms with E-state index in [-0.39, 0.29) is 12.0 Å². The van der Waals surface area contributed by atoms with Crippen molar-refractivity contribution in [3.8, 4) is 0 Å². The molecule has 2 atom stereocenters. The van der Waals surface area contributed by atoms with Gasteiger partial charge in [-0.3, -0.25) is 4.79 Å². The number of carbonyl (C=O) groups excluding carboxylic acids is 1. The molecule has 1 rings (SSSR count). The third-order valence-corrected chi connectivity index (χ3v) is 2.90. The second-order valence-electron chi connectivity index (χ2n) is 3.87. The highest BCUT2D eigenvalue weighted by atomic mass is 16.5.